The topological polar surface area (TPSA) is 108 Å². The lowest BCUT2D eigenvalue weighted by Crippen LogP contribution is -2.44. The highest BCUT2D eigenvalue weighted by atomic mass is 19.4. The van der Waals surface area contributed by atoms with Crippen molar-refractivity contribution in [3.63, 3.8) is 0 Å². The maximum Gasteiger partial charge on any atom is 0.417 e. The molecule has 0 radical (unpaired) electrons. The maximum absolute atomic E-state index is 13.3. The molecule has 1 unspecified atom stereocenters. The van der Waals surface area contributed by atoms with E-state index in [1.807, 2.05) is 4.90 Å². The van der Waals surface area contributed by atoms with Gasteiger partial charge in [0.05, 0.1) is 17.2 Å². The van der Waals surface area contributed by atoms with Crippen molar-refractivity contribution < 1.29 is 22.8 Å². The Bertz CT molecular complexity index is 1130. The molecule has 0 bridgehead atoms. The van der Waals surface area contributed by atoms with E-state index >= 15 is 0 Å². The number of anilines is 1. The van der Waals surface area contributed by atoms with E-state index in [1.54, 1.807) is 25.4 Å². The highest BCUT2D eigenvalue weighted by molar-refractivity contribution is 5.96. The number of aryl methyl sites for hydroxylation is 1. The molecule has 1 aromatic heterocycles. The third-order valence-corrected chi connectivity index (χ3v) is 6.65. The summed E-state index contributed by atoms with van der Waals surface area (Å²) in [5.41, 5.74) is 4.51. The number of nitrogens with two attached hydrogens (primary N) is 1. The molecule has 4 rings (SSSR count). The van der Waals surface area contributed by atoms with Gasteiger partial charge in [-0.3, -0.25) is 14.3 Å². The molecule has 2 amide bonds. The lowest BCUT2D eigenvalue weighted by atomic mass is 9.76. The minimum absolute atomic E-state index is 0.232. The number of rotatable bonds is 3. The predicted molar refractivity (Wildman–Crippen MR) is 112 cm³/mol. The second kappa shape index (κ2) is 8.10. The summed E-state index contributed by atoms with van der Waals surface area (Å²) in [6, 6.07) is 6.13. The minimum atomic E-state index is -4.62. The smallest absolute Gasteiger partial charge is 0.371 e. The van der Waals surface area contributed by atoms with E-state index in [2.05, 4.69) is 5.10 Å². The van der Waals surface area contributed by atoms with E-state index in [-0.39, 0.29) is 17.0 Å². The van der Waals surface area contributed by atoms with Crippen LogP contribution in [0.2, 0.25) is 0 Å². The molecule has 8 nitrogen and oxygen atoms in total. The molecule has 2 saturated heterocycles. The van der Waals surface area contributed by atoms with Crippen LogP contribution in [0, 0.1) is 16.7 Å². The van der Waals surface area contributed by atoms with Crippen molar-refractivity contribution in [1.82, 2.24) is 14.7 Å². The Hall–Kier alpha value is -3.55. The number of likely N-dealkylation sites (tertiary alicyclic amines) is 1. The quantitative estimate of drug-likeness (QED) is 0.756. The third-order valence-electron chi connectivity index (χ3n) is 6.65. The fraction of sp³-hybridized carbons (Fsp3) is 0.455. The maximum atomic E-state index is 13.3. The first-order valence-electron chi connectivity index (χ1n) is 10.5. The summed E-state index contributed by atoms with van der Waals surface area (Å²) in [4.78, 5) is 28.4. The van der Waals surface area contributed by atoms with Crippen molar-refractivity contribution in [3.8, 4) is 6.07 Å². The van der Waals surface area contributed by atoms with Gasteiger partial charge < -0.3 is 15.5 Å². The minimum Gasteiger partial charge on any atom is -0.371 e. The van der Waals surface area contributed by atoms with Gasteiger partial charge >= 0.3 is 6.18 Å². The Morgan fingerprint density at radius 3 is 2.48 bits per heavy atom. The van der Waals surface area contributed by atoms with Gasteiger partial charge in [-0.05, 0) is 48.9 Å². The zero-order valence-electron chi connectivity index (χ0n) is 18.0. The zero-order valence-corrected chi connectivity index (χ0v) is 18.0. The Labute approximate surface area is 188 Å². The Morgan fingerprint density at radius 2 is 1.94 bits per heavy atom. The average molecular weight is 460 g/mol. The van der Waals surface area contributed by atoms with E-state index < -0.39 is 29.3 Å². The summed E-state index contributed by atoms with van der Waals surface area (Å²) in [6.07, 6.45) is -1.39. The predicted octanol–water partition coefficient (Wildman–Crippen LogP) is 2.30. The van der Waals surface area contributed by atoms with Crippen LogP contribution in [-0.2, 0) is 18.0 Å². The number of hydrogen-bond donors (Lipinski definition) is 1. The molecule has 2 fully saturated rings. The number of piperidine rings is 1. The average Bonchev–Trinajstić information content (AvgIpc) is 3.37. The van der Waals surface area contributed by atoms with Crippen LogP contribution >= 0.6 is 0 Å². The van der Waals surface area contributed by atoms with Gasteiger partial charge in [0.2, 0.25) is 5.91 Å². The van der Waals surface area contributed by atoms with Crippen LogP contribution in [0.25, 0.3) is 0 Å². The Morgan fingerprint density at radius 1 is 1.24 bits per heavy atom. The van der Waals surface area contributed by atoms with Crippen LogP contribution in [0.4, 0.5) is 18.9 Å². The van der Waals surface area contributed by atoms with Crippen molar-refractivity contribution in [2.75, 3.05) is 24.5 Å². The van der Waals surface area contributed by atoms with Crippen molar-refractivity contribution in [2.24, 2.45) is 18.2 Å². The standard InChI is InChI=1S/C22H23F3N6O2/c1-29-7-4-17(28-29)20(33)31-13-21(11-18(31)19(27)32)5-8-30(9-6-21)15-3-2-14(12-26)16(10-15)22(23,24)25/h2-4,7,10,18H,5-6,8-9,11,13H2,1H3,(H2,27,32). The van der Waals surface area contributed by atoms with Gasteiger partial charge in [-0.25, -0.2) is 0 Å². The van der Waals surface area contributed by atoms with E-state index in [4.69, 9.17) is 11.0 Å². The Balaban J connectivity index is 1.51. The first kappa shape index (κ1) is 22.6. The summed E-state index contributed by atoms with van der Waals surface area (Å²) < 4.78 is 41.5. The van der Waals surface area contributed by atoms with E-state index in [1.165, 1.54) is 21.7 Å². The number of halogens is 3. The Kier molecular flexibility index (Phi) is 5.56. The number of primary amides is 1. The van der Waals surface area contributed by atoms with Crippen molar-refractivity contribution in [3.05, 3.63) is 47.3 Å². The summed E-state index contributed by atoms with van der Waals surface area (Å²) in [5, 5.41) is 13.1. The molecule has 1 spiro atoms. The number of benzene rings is 1. The number of nitriles is 1. The molecular weight excluding hydrogens is 437 g/mol. The molecule has 1 atom stereocenters. The van der Waals surface area contributed by atoms with Crippen LogP contribution in [0.15, 0.2) is 30.5 Å². The van der Waals surface area contributed by atoms with Gasteiger partial charge in [-0.1, -0.05) is 0 Å². The number of nitrogens with zero attached hydrogens (tertiary/aromatic N) is 5. The molecule has 2 aliphatic rings. The number of carbonyl (C=O) groups excluding carboxylic acids is 2. The molecule has 3 heterocycles. The highest BCUT2D eigenvalue weighted by Gasteiger charge is 2.49. The third kappa shape index (κ3) is 4.25. The van der Waals surface area contributed by atoms with Crippen LogP contribution < -0.4 is 10.6 Å². The molecule has 2 aromatic rings. The first-order valence-corrected chi connectivity index (χ1v) is 10.5. The van der Waals surface area contributed by atoms with Crippen LogP contribution in [-0.4, -0.2) is 52.2 Å². The fourth-order valence-corrected chi connectivity index (χ4v) is 4.86. The molecule has 2 aliphatic heterocycles. The number of carbonyl (C=O) groups is 2. The lowest BCUT2D eigenvalue weighted by molar-refractivity contribution is -0.137. The number of alkyl halides is 3. The molecule has 11 heteroatoms. The highest BCUT2D eigenvalue weighted by Crippen LogP contribution is 2.45. The van der Waals surface area contributed by atoms with Gasteiger partial charge in [0.25, 0.3) is 5.91 Å². The monoisotopic (exact) mass is 460 g/mol. The number of aromatic nitrogens is 2. The second-order valence-corrected chi connectivity index (χ2v) is 8.76. The van der Waals surface area contributed by atoms with Crippen molar-refractivity contribution >= 4 is 17.5 Å². The largest absolute Gasteiger partial charge is 0.417 e. The van der Waals surface area contributed by atoms with Crippen LogP contribution in [0.3, 0.4) is 0 Å². The van der Waals surface area contributed by atoms with Gasteiger partial charge in [-0.15, -0.1) is 0 Å². The normalized spacial score (nSPS) is 20.2. The van der Waals surface area contributed by atoms with Crippen molar-refractivity contribution in [1.29, 1.82) is 5.26 Å². The zero-order chi connectivity index (χ0) is 24.0. The molecule has 0 aliphatic carbocycles. The summed E-state index contributed by atoms with van der Waals surface area (Å²) in [6.45, 7) is 1.26. The summed E-state index contributed by atoms with van der Waals surface area (Å²) in [7, 11) is 1.69. The SMILES string of the molecule is Cn1ccc(C(=O)N2CC3(CCN(c4ccc(C#N)c(C(F)(F)F)c4)CC3)CC2C(N)=O)n1. The van der Waals surface area contributed by atoms with Gasteiger partial charge in [0.1, 0.15) is 11.7 Å². The van der Waals surface area contributed by atoms with E-state index in [9.17, 15) is 22.8 Å². The van der Waals surface area contributed by atoms with Crippen LogP contribution in [0.1, 0.15) is 40.9 Å². The molecule has 0 saturated carbocycles. The van der Waals surface area contributed by atoms with E-state index in [0.29, 0.717) is 44.6 Å². The van der Waals surface area contributed by atoms with Gasteiger partial charge in [0, 0.05) is 38.6 Å². The van der Waals surface area contributed by atoms with E-state index in [0.717, 1.165) is 6.07 Å². The lowest BCUT2D eigenvalue weighted by Gasteiger charge is -2.40. The molecule has 2 N–H and O–H groups in total. The van der Waals surface area contributed by atoms with Crippen molar-refractivity contribution in [2.45, 2.75) is 31.5 Å². The van der Waals surface area contributed by atoms with Crippen LogP contribution in [0.5, 0.6) is 0 Å². The number of hydrogen-bond acceptors (Lipinski definition) is 5. The fourth-order valence-electron chi connectivity index (χ4n) is 4.86. The summed E-state index contributed by atoms with van der Waals surface area (Å²) >= 11 is 0. The van der Waals surface area contributed by atoms with Gasteiger partial charge in [0.15, 0.2) is 0 Å². The first-order chi connectivity index (χ1) is 15.5. The molecule has 174 valence electrons. The van der Waals surface area contributed by atoms with Gasteiger partial charge in [-0.2, -0.15) is 23.5 Å². The molecule has 33 heavy (non-hydrogen) atoms. The second-order valence-electron chi connectivity index (χ2n) is 8.76. The molecular formula is C22H23F3N6O2. The number of amides is 2. The molecule has 1 aromatic carbocycles. The summed E-state index contributed by atoms with van der Waals surface area (Å²) in [5.74, 6) is -0.943.